The molecule has 1 aliphatic heterocycles. The highest BCUT2D eigenvalue weighted by Crippen LogP contribution is 2.32. The van der Waals surface area contributed by atoms with Gasteiger partial charge in [-0.25, -0.2) is 4.39 Å². The Morgan fingerprint density at radius 1 is 1.14 bits per heavy atom. The van der Waals surface area contributed by atoms with Crippen molar-refractivity contribution in [2.45, 2.75) is 20.8 Å². The average Bonchev–Trinajstić information content (AvgIpc) is 2.85. The summed E-state index contributed by atoms with van der Waals surface area (Å²) in [5.74, 6) is -1.45. The summed E-state index contributed by atoms with van der Waals surface area (Å²) in [5, 5.41) is 2.25. The van der Waals surface area contributed by atoms with Crippen molar-refractivity contribution in [1.29, 1.82) is 0 Å². The zero-order valence-electron chi connectivity index (χ0n) is 15.7. The molecule has 28 heavy (non-hydrogen) atoms. The van der Waals surface area contributed by atoms with Gasteiger partial charge < -0.3 is 5.32 Å². The Hall–Kier alpha value is -2.93. The van der Waals surface area contributed by atoms with Gasteiger partial charge in [0.2, 0.25) is 5.91 Å². The molecular formula is C21H19FN2O3S. The Labute approximate surface area is 166 Å². The van der Waals surface area contributed by atoms with Crippen LogP contribution in [0.15, 0.2) is 41.3 Å². The first-order valence-electron chi connectivity index (χ1n) is 8.63. The quantitative estimate of drug-likeness (QED) is 0.774. The van der Waals surface area contributed by atoms with E-state index < -0.39 is 22.9 Å². The summed E-state index contributed by atoms with van der Waals surface area (Å²) in [7, 11) is 0. The van der Waals surface area contributed by atoms with Crippen LogP contribution in [0.3, 0.4) is 0 Å². The first-order chi connectivity index (χ1) is 13.2. The number of carbonyl (C=O) groups excluding carboxylic acids is 3. The van der Waals surface area contributed by atoms with E-state index in [2.05, 4.69) is 5.32 Å². The van der Waals surface area contributed by atoms with Crippen molar-refractivity contribution in [1.82, 2.24) is 4.90 Å². The second-order valence-electron chi connectivity index (χ2n) is 6.64. The number of hydrogen-bond acceptors (Lipinski definition) is 4. The molecule has 1 fully saturated rings. The van der Waals surface area contributed by atoms with Crippen molar-refractivity contribution in [3.05, 3.63) is 69.4 Å². The zero-order chi connectivity index (χ0) is 20.4. The maximum absolute atomic E-state index is 13.3. The third kappa shape index (κ3) is 4.31. The smallest absolute Gasteiger partial charge is 0.294 e. The molecule has 2 aromatic rings. The van der Waals surface area contributed by atoms with Gasteiger partial charge in [0, 0.05) is 5.69 Å². The number of rotatable bonds is 4. The topological polar surface area (TPSA) is 66.5 Å². The van der Waals surface area contributed by atoms with Gasteiger partial charge >= 0.3 is 0 Å². The molecule has 1 saturated heterocycles. The zero-order valence-corrected chi connectivity index (χ0v) is 16.5. The van der Waals surface area contributed by atoms with Crippen LogP contribution < -0.4 is 5.32 Å². The van der Waals surface area contributed by atoms with Crippen molar-refractivity contribution >= 4 is 40.6 Å². The summed E-state index contributed by atoms with van der Waals surface area (Å²) in [6.45, 7) is 5.36. The predicted molar refractivity (Wildman–Crippen MR) is 108 cm³/mol. The van der Waals surface area contributed by atoms with E-state index in [4.69, 9.17) is 0 Å². The van der Waals surface area contributed by atoms with Gasteiger partial charge in [-0.05, 0) is 67.4 Å². The van der Waals surface area contributed by atoms with Crippen molar-refractivity contribution in [2.24, 2.45) is 0 Å². The van der Waals surface area contributed by atoms with Crippen LogP contribution in [0.1, 0.15) is 22.3 Å². The Bertz CT molecular complexity index is 993. The Morgan fingerprint density at radius 2 is 1.82 bits per heavy atom. The van der Waals surface area contributed by atoms with Crippen molar-refractivity contribution in [3.63, 3.8) is 0 Å². The number of hydrogen-bond donors (Lipinski definition) is 1. The maximum Gasteiger partial charge on any atom is 0.294 e. The lowest BCUT2D eigenvalue weighted by Crippen LogP contribution is -2.36. The number of amides is 3. The van der Waals surface area contributed by atoms with Gasteiger partial charge in [0.05, 0.1) is 4.91 Å². The molecule has 1 aliphatic rings. The fraction of sp³-hybridized carbons (Fsp3) is 0.190. The van der Waals surface area contributed by atoms with Crippen LogP contribution in [0.2, 0.25) is 0 Å². The third-order valence-corrected chi connectivity index (χ3v) is 5.17. The number of carbonyl (C=O) groups is 3. The normalized spacial score (nSPS) is 15.4. The number of nitrogens with one attached hydrogen (secondary N) is 1. The summed E-state index contributed by atoms with van der Waals surface area (Å²) >= 11 is 0.735. The van der Waals surface area contributed by atoms with E-state index in [0.29, 0.717) is 11.3 Å². The minimum Gasteiger partial charge on any atom is -0.324 e. The lowest BCUT2D eigenvalue weighted by molar-refractivity contribution is -0.127. The molecule has 0 aromatic heterocycles. The number of halogens is 1. The Balaban J connectivity index is 1.73. The molecule has 0 unspecified atom stereocenters. The molecule has 0 bridgehead atoms. The highest BCUT2D eigenvalue weighted by Gasteiger charge is 2.36. The van der Waals surface area contributed by atoms with E-state index in [1.165, 1.54) is 24.3 Å². The van der Waals surface area contributed by atoms with Crippen LogP contribution in [-0.4, -0.2) is 28.5 Å². The number of imide groups is 1. The van der Waals surface area contributed by atoms with Crippen LogP contribution in [0.4, 0.5) is 14.9 Å². The van der Waals surface area contributed by atoms with Crippen molar-refractivity contribution < 1.29 is 18.8 Å². The second-order valence-corrected chi connectivity index (χ2v) is 7.64. The summed E-state index contributed by atoms with van der Waals surface area (Å²) in [6, 6.07) is 9.61. The van der Waals surface area contributed by atoms with E-state index in [0.717, 1.165) is 33.4 Å². The molecule has 3 amide bonds. The highest BCUT2D eigenvalue weighted by atomic mass is 32.2. The number of nitrogens with zero attached hydrogens (tertiary/aromatic N) is 1. The molecule has 0 atom stereocenters. The first-order valence-corrected chi connectivity index (χ1v) is 9.45. The SMILES string of the molecule is Cc1cc(C)c(NC(=O)CN2C(=O)S/C(=C/c3cccc(F)c3)C2=O)c(C)c1. The molecule has 0 aliphatic carbocycles. The Kier molecular flexibility index (Phi) is 5.65. The van der Waals surface area contributed by atoms with Gasteiger partial charge in [0.15, 0.2) is 0 Å². The summed E-state index contributed by atoms with van der Waals surface area (Å²) in [5.41, 5.74) is 4.05. The molecule has 1 N–H and O–H groups in total. The van der Waals surface area contributed by atoms with Crippen molar-refractivity contribution in [3.8, 4) is 0 Å². The van der Waals surface area contributed by atoms with Crippen LogP contribution in [-0.2, 0) is 9.59 Å². The van der Waals surface area contributed by atoms with E-state index in [1.807, 2.05) is 32.9 Å². The lowest BCUT2D eigenvalue weighted by Gasteiger charge is -2.15. The Morgan fingerprint density at radius 3 is 2.46 bits per heavy atom. The standard InChI is InChI=1S/C21H19FN2O3S/c1-12-7-13(2)19(14(3)8-12)23-18(25)11-24-20(26)17(28-21(24)27)10-15-5-4-6-16(22)9-15/h4-10H,11H2,1-3H3,(H,23,25)/b17-10+. The molecule has 0 saturated carbocycles. The minimum atomic E-state index is -0.563. The third-order valence-electron chi connectivity index (χ3n) is 4.26. The average molecular weight is 398 g/mol. The summed E-state index contributed by atoms with van der Waals surface area (Å²) < 4.78 is 13.3. The van der Waals surface area contributed by atoms with Crippen LogP contribution in [0.5, 0.6) is 0 Å². The van der Waals surface area contributed by atoms with Gasteiger partial charge in [-0.1, -0.05) is 29.8 Å². The van der Waals surface area contributed by atoms with Gasteiger partial charge in [0.25, 0.3) is 11.1 Å². The van der Waals surface area contributed by atoms with E-state index >= 15 is 0 Å². The number of anilines is 1. The molecule has 3 rings (SSSR count). The number of aryl methyl sites for hydroxylation is 3. The van der Waals surface area contributed by atoms with Gasteiger partial charge in [-0.15, -0.1) is 0 Å². The van der Waals surface area contributed by atoms with E-state index in [9.17, 15) is 18.8 Å². The molecule has 0 radical (unpaired) electrons. The van der Waals surface area contributed by atoms with E-state index in [-0.39, 0.29) is 11.4 Å². The van der Waals surface area contributed by atoms with Crippen molar-refractivity contribution in [2.75, 3.05) is 11.9 Å². The predicted octanol–water partition coefficient (Wildman–Crippen LogP) is 4.43. The molecule has 2 aromatic carbocycles. The molecule has 1 heterocycles. The molecular weight excluding hydrogens is 379 g/mol. The monoisotopic (exact) mass is 398 g/mol. The molecule has 7 heteroatoms. The fourth-order valence-corrected chi connectivity index (χ4v) is 3.92. The fourth-order valence-electron chi connectivity index (χ4n) is 3.08. The number of thioether (sulfide) groups is 1. The van der Waals surface area contributed by atoms with Gasteiger partial charge in [-0.2, -0.15) is 0 Å². The van der Waals surface area contributed by atoms with E-state index in [1.54, 1.807) is 6.07 Å². The molecule has 144 valence electrons. The van der Waals surface area contributed by atoms with Crippen LogP contribution in [0.25, 0.3) is 6.08 Å². The van der Waals surface area contributed by atoms with Gasteiger partial charge in [-0.3, -0.25) is 19.3 Å². The van der Waals surface area contributed by atoms with Gasteiger partial charge in [0.1, 0.15) is 12.4 Å². The molecule has 5 nitrogen and oxygen atoms in total. The summed E-state index contributed by atoms with van der Waals surface area (Å²) in [4.78, 5) is 38.2. The lowest BCUT2D eigenvalue weighted by atomic mass is 10.1. The van der Waals surface area contributed by atoms with Crippen LogP contribution >= 0.6 is 11.8 Å². The maximum atomic E-state index is 13.3. The van der Waals surface area contributed by atoms with Crippen LogP contribution in [0, 0.1) is 26.6 Å². The summed E-state index contributed by atoms with van der Waals surface area (Å²) in [6.07, 6.45) is 1.44. The highest BCUT2D eigenvalue weighted by molar-refractivity contribution is 8.18. The number of benzene rings is 2. The second kappa shape index (κ2) is 7.98. The molecule has 0 spiro atoms. The first kappa shape index (κ1) is 19.8. The largest absolute Gasteiger partial charge is 0.324 e. The minimum absolute atomic E-state index is 0.158.